The molecule has 1 aromatic carbocycles. The zero-order valence-corrected chi connectivity index (χ0v) is 12.6. The van der Waals surface area contributed by atoms with Crippen LogP contribution in [0.5, 0.6) is 0 Å². The van der Waals surface area contributed by atoms with Crippen LogP contribution in [0, 0.1) is 13.8 Å². The maximum Gasteiger partial charge on any atom is 0.243 e. The fraction of sp³-hybridized carbons (Fsp3) is 0.571. The first-order valence-corrected chi connectivity index (χ1v) is 8.12. The summed E-state index contributed by atoms with van der Waals surface area (Å²) in [5, 5.41) is 3.26. The third-order valence-electron chi connectivity index (χ3n) is 3.66. The van der Waals surface area contributed by atoms with Crippen molar-refractivity contribution in [3.63, 3.8) is 0 Å². The molecule has 1 fully saturated rings. The summed E-state index contributed by atoms with van der Waals surface area (Å²) in [6, 6.07) is 5.53. The third kappa shape index (κ3) is 3.16. The molecule has 1 atom stereocenters. The molecular weight excluding hydrogens is 260 g/mol. The van der Waals surface area contributed by atoms with Gasteiger partial charge in [-0.05, 0) is 56.5 Å². The Morgan fingerprint density at radius 3 is 2.37 bits per heavy atom. The lowest BCUT2D eigenvalue weighted by Crippen LogP contribution is -2.46. The van der Waals surface area contributed by atoms with Gasteiger partial charge in [-0.25, -0.2) is 8.42 Å². The van der Waals surface area contributed by atoms with Crippen molar-refractivity contribution in [1.82, 2.24) is 9.62 Å². The first-order chi connectivity index (χ1) is 8.91. The molecule has 106 valence electrons. The van der Waals surface area contributed by atoms with Crippen molar-refractivity contribution in [1.29, 1.82) is 0 Å². The Bertz CT molecular complexity index is 528. The first-order valence-electron chi connectivity index (χ1n) is 6.68. The van der Waals surface area contributed by atoms with E-state index in [1.807, 2.05) is 19.9 Å². The Hall–Kier alpha value is -0.910. The molecule has 0 saturated carbocycles. The van der Waals surface area contributed by atoms with Crippen LogP contribution in [0.25, 0.3) is 0 Å². The van der Waals surface area contributed by atoms with Crippen molar-refractivity contribution in [2.75, 3.05) is 20.1 Å². The van der Waals surface area contributed by atoms with E-state index in [0.29, 0.717) is 4.90 Å². The molecule has 1 unspecified atom stereocenters. The van der Waals surface area contributed by atoms with Gasteiger partial charge in [-0.3, -0.25) is 0 Å². The standard InChI is InChI=1S/C14H22N2O2S/c1-11-7-12(2)9-14(8-11)19(17,18)16(3)13-5-4-6-15-10-13/h7-9,13,15H,4-6,10H2,1-3H3. The van der Waals surface area contributed by atoms with Gasteiger partial charge in [-0.15, -0.1) is 0 Å². The van der Waals surface area contributed by atoms with Crippen LogP contribution in [0.3, 0.4) is 0 Å². The van der Waals surface area contributed by atoms with Crippen molar-refractivity contribution in [2.24, 2.45) is 0 Å². The molecule has 2 rings (SSSR count). The lowest BCUT2D eigenvalue weighted by atomic mass is 10.1. The van der Waals surface area contributed by atoms with Crippen molar-refractivity contribution < 1.29 is 8.42 Å². The van der Waals surface area contributed by atoms with E-state index in [1.54, 1.807) is 19.2 Å². The maximum absolute atomic E-state index is 12.6. The minimum atomic E-state index is -3.39. The third-order valence-corrected chi connectivity index (χ3v) is 5.55. The predicted molar refractivity (Wildman–Crippen MR) is 76.8 cm³/mol. The van der Waals surface area contributed by atoms with E-state index >= 15 is 0 Å². The highest BCUT2D eigenvalue weighted by Crippen LogP contribution is 2.21. The van der Waals surface area contributed by atoms with Crippen LogP contribution >= 0.6 is 0 Å². The van der Waals surface area contributed by atoms with E-state index in [9.17, 15) is 8.42 Å². The van der Waals surface area contributed by atoms with Crippen LogP contribution in [-0.4, -0.2) is 38.9 Å². The first kappa shape index (κ1) is 14.5. The summed E-state index contributed by atoms with van der Waals surface area (Å²) in [5.41, 5.74) is 1.96. The number of hydrogen-bond acceptors (Lipinski definition) is 3. The lowest BCUT2D eigenvalue weighted by molar-refractivity contribution is 0.300. The molecule has 0 aromatic heterocycles. The summed E-state index contributed by atoms with van der Waals surface area (Å²) in [6.45, 7) is 5.57. The molecule has 0 amide bonds. The molecule has 1 aliphatic heterocycles. The van der Waals surface area contributed by atoms with Crippen molar-refractivity contribution in [3.05, 3.63) is 29.3 Å². The molecule has 0 radical (unpaired) electrons. The molecule has 0 bridgehead atoms. The predicted octanol–water partition coefficient (Wildman–Crippen LogP) is 1.68. The van der Waals surface area contributed by atoms with E-state index in [1.165, 1.54) is 4.31 Å². The normalized spacial score (nSPS) is 20.7. The van der Waals surface area contributed by atoms with E-state index in [0.717, 1.165) is 37.1 Å². The van der Waals surface area contributed by atoms with Gasteiger partial charge in [0.25, 0.3) is 0 Å². The van der Waals surface area contributed by atoms with E-state index < -0.39 is 10.0 Å². The molecule has 1 N–H and O–H groups in total. The number of benzene rings is 1. The van der Waals surface area contributed by atoms with Crippen LogP contribution in [0.15, 0.2) is 23.1 Å². The van der Waals surface area contributed by atoms with Gasteiger partial charge in [0.05, 0.1) is 4.90 Å². The molecule has 0 aliphatic carbocycles. The largest absolute Gasteiger partial charge is 0.315 e. The average molecular weight is 282 g/mol. The highest BCUT2D eigenvalue weighted by molar-refractivity contribution is 7.89. The van der Waals surface area contributed by atoms with E-state index in [4.69, 9.17) is 0 Å². The summed E-state index contributed by atoms with van der Waals surface area (Å²) >= 11 is 0. The topological polar surface area (TPSA) is 49.4 Å². The number of aryl methyl sites for hydroxylation is 2. The zero-order chi connectivity index (χ0) is 14.0. The van der Waals surface area contributed by atoms with E-state index in [2.05, 4.69) is 5.32 Å². The Morgan fingerprint density at radius 1 is 1.21 bits per heavy atom. The number of sulfonamides is 1. The second-order valence-electron chi connectivity index (χ2n) is 5.34. The van der Waals surface area contributed by atoms with E-state index in [-0.39, 0.29) is 6.04 Å². The summed E-state index contributed by atoms with van der Waals surface area (Å²) in [5.74, 6) is 0. The summed E-state index contributed by atoms with van der Waals surface area (Å²) < 4.78 is 26.8. The van der Waals surface area contributed by atoms with Gasteiger partial charge in [0.2, 0.25) is 10.0 Å². The maximum atomic E-state index is 12.6. The second-order valence-corrected chi connectivity index (χ2v) is 7.34. The molecule has 0 spiro atoms. The SMILES string of the molecule is Cc1cc(C)cc(S(=O)(=O)N(C)C2CCCNC2)c1. The number of piperidine rings is 1. The molecule has 5 heteroatoms. The Labute approximate surface area is 115 Å². The molecule has 1 heterocycles. The molecular formula is C14H22N2O2S. The highest BCUT2D eigenvalue weighted by Gasteiger charge is 2.29. The Kier molecular flexibility index (Phi) is 4.28. The fourth-order valence-electron chi connectivity index (χ4n) is 2.59. The Morgan fingerprint density at radius 2 is 1.84 bits per heavy atom. The molecule has 4 nitrogen and oxygen atoms in total. The number of nitrogens with zero attached hydrogens (tertiary/aromatic N) is 1. The summed E-state index contributed by atoms with van der Waals surface area (Å²) in [7, 11) is -1.71. The highest BCUT2D eigenvalue weighted by atomic mass is 32.2. The lowest BCUT2D eigenvalue weighted by Gasteiger charge is -2.31. The fourth-order valence-corrected chi connectivity index (χ4v) is 4.16. The van der Waals surface area contributed by atoms with Crippen LogP contribution in [0.4, 0.5) is 0 Å². The monoisotopic (exact) mass is 282 g/mol. The van der Waals surface area contributed by atoms with Gasteiger partial charge in [0.1, 0.15) is 0 Å². The minimum Gasteiger partial charge on any atom is -0.315 e. The quantitative estimate of drug-likeness (QED) is 0.917. The molecule has 1 aromatic rings. The van der Waals surface area contributed by atoms with Crippen LogP contribution in [0.1, 0.15) is 24.0 Å². The van der Waals surface area contributed by atoms with Crippen LogP contribution < -0.4 is 5.32 Å². The Balaban J connectivity index is 2.30. The number of hydrogen-bond donors (Lipinski definition) is 1. The van der Waals surface area contributed by atoms with Crippen molar-refractivity contribution >= 4 is 10.0 Å². The van der Waals surface area contributed by atoms with Gasteiger partial charge in [0.15, 0.2) is 0 Å². The van der Waals surface area contributed by atoms with Gasteiger partial charge in [-0.1, -0.05) is 6.07 Å². The van der Waals surface area contributed by atoms with Gasteiger partial charge < -0.3 is 5.32 Å². The van der Waals surface area contributed by atoms with Gasteiger partial charge in [-0.2, -0.15) is 4.31 Å². The zero-order valence-electron chi connectivity index (χ0n) is 11.8. The molecule has 1 aliphatic rings. The molecule has 19 heavy (non-hydrogen) atoms. The minimum absolute atomic E-state index is 0.0552. The van der Waals surface area contributed by atoms with Crippen molar-refractivity contribution in [3.8, 4) is 0 Å². The van der Waals surface area contributed by atoms with Gasteiger partial charge >= 0.3 is 0 Å². The van der Waals surface area contributed by atoms with Gasteiger partial charge in [0, 0.05) is 19.6 Å². The van der Waals surface area contributed by atoms with Crippen LogP contribution in [0.2, 0.25) is 0 Å². The van der Waals surface area contributed by atoms with Crippen LogP contribution in [-0.2, 0) is 10.0 Å². The van der Waals surface area contributed by atoms with Crippen molar-refractivity contribution in [2.45, 2.75) is 37.6 Å². The number of likely N-dealkylation sites (N-methyl/N-ethyl adjacent to an activating group) is 1. The average Bonchev–Trinajstić information content (AvgIpc) is 2.37. The molecule has 1 saturated heterocycles. The smallest absolute Gasteiger partial charge is 0.243 e. The number of nitrogens with one attached hydrogen (secondary N) is 1. The summed E-state index contributed by atoms with van der Waals surface area (Å²) in [4.78, 5) is 0.401. The second kappa shape index (κ2) is 5.61. The number of rotatable bonds is 3. The summed E-state index contributed by atoms with van der Waals surface area (Å²) in [6.07, 6.45) is 1.95.